The van der Waals surface area contributed by atoms with Crippen molar-refractivity contribution in [1.29, 1.82) is 5.26 Å². The molecular weight excluding hydrogens is 284 g/mol. The lowest BCUT2D eigenvalue weighted by atomic mass is 10.2. The molecule has 0 aliphatic heterocycles. The number of sulfonamides is 1. The monoisotopic (exact) mass is 296 g/mol. The Kier molecular flexibility index (Phi) is 5.37. The van der Waals surface area contributed by atoms with Crippen LogP contribution in [0.1, 0.15) is 12.5 Å². The number of carbonyl (C=O) groups excluding carboxylic acids is 2. The van der Waals surface area contributed by atoms with Crippen LogP contribution >= 0.6 is 0 Å². The van der Waals surface area contributed by atoms with E-state index < -0.39 is 29.1 Å². The number of nitrogens with one attached hydrogen (secondary N) is 1. The molecule has 0 aliphatic rings. The smallest absolute Gasteiger partial charge is 0.321 e. The van der Waals surface area contributed by atoms with Crippen molar-refractivity contribution in [2.45, 2.75) is 11.8 Å². The molecule has 0 amide bonds. The minimum absolute atomic E-state index is 0.0733. The van der Waals surface area contributed by atoms with E-state index in [1.165, 1.54) is 31.2 Å². The van der Waals surface area contributed by atoms with Gasteiger partial charge >= 0.3 is 5.97 Å². The summed E-state index contributed by atoms with van der Waals surface area (Å²) in [5.74, 6) is -1.19. The van der Waals surface area contributed by atoms with Gasteiger partial charge in [-0.05, 0) is 31.2 Å². The topological polar surface area (TPSA) is 113 Å². The van der Waals surface area contributed by atoms with Gasteiger partial charge in [0.2, 0.25) is 10.0 Å². The van der Waals surface area contributed by atoms with Gasteiger partial charge in [0.15, 0.2) is 5.78 Å². The molecule has 0 aliphatic carbocycles. The minimum Gasteiger partial charge on any atom is -0.457 e. The normalized spacial score (nSPS) is 10.6. The first-order chi connectivity index (χ1) is 9.35. The van der Waals surface area contributed by atoms with E-state index in [-0.39, 0.29) is 10.7 Å². The molecule has 7 nitrogen and oxygen atoms in total. The third-order valence-electron chi connectivity index (χ3n) is 2.14. The first kappa shape index (κ1) is 15.8. The summed E-state index contributed by atoms with van der Waals surface area (Å²) in [6.07, 6.45) is 0. The molecule has 0 heterocycles. The van der Waals surface area contributed by atoms with Crippen LogP contribution < -0.4 is 4.72 Å². The van der Waals surface area contributed by atoms with Gasteiger partial charge in [0.05, 0.1) is 16.5 Å². The van der Waals surface area contributed by atoms with Gasteiger partial charge in [-0.15, -0.1) is 0 Å². The van der Waals surface area contributed by atoms with Crippen molar-refractivity contribution in [3.63, 3.8) is 0 Å². The summed E-state index contributed by atoms with van der Waals surface area (Å²) in [4.78, 5) is 21.7. The van der Waals surface area contributed by atoms with Crippen LogP contribution in [0.2, 0.25) is 0 Å². The van der Waals surface area contributed by atoms with Crippen molar-refractivity contribution in [1.82, 2.24) is 4.72 Å². The van der Waals surface area contributed by atoms with Crippen molar-refractivity contribution in [2.75, 3.05) is 13.2 Å². The average Bonchev–Trinajstić information content (AvgIpc) is 2.43. The lowest BCUT2D eigenvalue weighted by molar-refractivity contribution is -0.146. The number of rotatable bonds is 6. The van der Waals surface area contributed by atoms with Crippen molar-refractivity contribution in [2.24, 2.45) is 0 Å². The Labute approximate surface area is 116 Å². The van der Waals surface area contributed by atoms with Gasteiger partial charge in [-0.2, -0.15) is 9.98 Å². The predicted octanol–water partition coefficient (Wildman–Crippen LogP) is -0.0312. The summed E-state index contributed by atoms with van der Waals surface area (Å²) in [5.41, 5.74) is 0.324. The maximum absolute atomic E-state index is 11.8. The molecule has 106 valence electrons. The fraction of sp³-hybridized carbons (Fsp3) is 0.250. The van der Waals surface area contributed by atoms with Crippen LogP contribution in [0, 0.1) is 11.3 Å². The number of Topliss-reactive ketones (excluding diaryl/α,β-unsaturated/α-hetero) is 1. The van der Waals surface area contributed by atoms with Crippen LogP contribution in [0.3, 0.4) is 0 Å². The molecule has 0 bridgehead atoms. The maximum Gasteiger partial charge on any atom is 0.321 e. The fourth-order valence-corrected chi connectivity index (χ4v) is 2.15. The first-order valence-corrected chi connectivity index (χ1v) is 6.98. The highest BCUT2D eigenvalue weighted by molar-refractivity contribution is 7.89. The SMILES string of the molecule is CC(=O)COC(=O)CNS(=O)(=O)c1ccc(C#N)cc1. The Balaban J connectivity index is 2.63. The highest BCUT2D eigenvalue weighted by Crippen LogP contribution is 2.09. The molecule has 1 rings (SSSR count). The third kappa shape index (κ3) is 4.79. The first-order valence-electron chi connectivity index (χ1n) is 5.50. The number of esters is 1. The summed E-state index contributed by atoms with van der Waals surface area (Å²) < 4.78 is 30.2. The molecule has 0 spiro atoms. The van der Waals surface area contributed by atoms with E-state index in [2.05, 4.69) is 4.74 Å². The van der Waals surface area contributed by atoms with Gasteiger partial charge in [-0.25, -0.2) is 8.42 Å². The molecule has 1 aromatic carbocycles. The maximum atomic E-state index is 11.8. The van der Waals surface area contributed by atoms with E-state index in [9.17, 15) is 18.0 Å². The molecular formula is C12H12N2O5S. The summed E-state index contributed by atoms with van der Waals surface area (Å²) >= 11 is 0. The standard InChI is InChI=1S/C12H12N2O5S/c1-9(15)8-19-12(16)7-14-20(17,18)11-4-2-10(6-13)3-5-11/h2-5,14H,7-8H2,1H3. The largest absolute Gasteiger partial charge is 0.457 e. The Morgan fingerprint density at radius 1 is 1.30 bits per heavy atom. The molecule has 0 saturated heterocycles. The molecule has 1 N–H and O–H groups in total. The second kappa shape index (κ2) is 6.79. The molecule has 0 saturated carbocycles. The van der Waals surface area contributed by atoms with Gasteiger partial charge < -0.3 is 4.74 Å². The number of benzene rings is 1. The third-order valence-corrected chi connectivity index (χ3v) is 3.55. The van der Waals surface area contributed by atoms with Crippen LogP contribution in [0.5, 0.6) is 0 Å². The Bertz CT molecular complexity index is 643. The quantitative estimate of drug-likeness (QED) is 0.737. The highest BCUT2D eigenvalue weighted by atomic mass is 32.2. The molecule has 0 atom stereocenters. The zero-order valence-corrected chi connectivity index (χ0v) is 11.4. The van der Waals surface area contributed by atoms with E-state index in [1.807, 2.05) is 10.8 Å². The fourth-order valence-electron chi connectivity index (χ4n) is 1.18. The van der Waals surface area contributed by atoms with Gasteiger partial charge in [-0.1, -0.05) is 0 Å². The summed E-state index contributed by atoms with van der Waals surface area (Å²) in [6, 6.07) is 7.07. The molecule has 0 aromatic heterocycles. The van der Waals surface area contributed by atoms with E-state index in [0.717, 1.165) is 0 Å². The summed E-state index contributed by atoms with van der Waals surface area (Å²) in [5, 5.41) is 8.61. The molecule has 1 aromatic rings. The van der Waals surface area contributed by atoms with Crippen molar-refractivity contribution < 1.29 is 22.7 Å². The molecule has 0 unspecified atom stereocenters. The van der Waals surface area contributed by atoms with E-state index in [4.69, 9.17) is 5.26 Å². The van der Waals surface area contributed by atoms with Crippen LogP contribution in [0.4, 0.5) is 0 Å². The van der Waals surface area contributed by atoms with Crippen molar-refractivity contribution in [3.05, 3.63) is 29.8 Å². The molecule has 20 heavy (non-hydrogen) atoms. The summed E-state index contributed by atoms with van der Waals surface area (Å²) in [7, 11) is -3.86. The van der Waals surface area contributed by atoms with E-state index in [1.54, 1.807) is 0 Å². The van der Waals surface area contributed by atoms with E-state index >= 15 is 0 Å². The number of ether oxygens (including phenoxy) is 1. The summed E-state index contributed by atoms with van der Waals surface area (Å²) in [6.45, 7) is 0.279. The Morgan fingerprint density at radius 2 is 1.90 bits per heavy atom. The lowest BCUT2D eigenvalue weighted by Crippen LogP contribution is -2.31. The second-order valence-corrected chi connectivity index (χ2v) is 5.59. The van der Waals surface area contributed by atoms with Crippen molar-refractivity contribution in [3.8, 4) is 6.07 Å². The van der Waals surface area contributed by atoms with Crippen LogP contribution in [-0.4, -0.2) is 33.3 Å². The van der Waals surface area contributed by atoms with Gasteiger partial charge in [0.25, 0.3) is 0 Å². The Morgan fingerprint density at radius 3 is 2.40 bits per heavy atom. The number of nitriles is 1. The number of carbonyl (C=O) groups is 2. The number of ketones is 1. The van der Waals surface area contributed by atoms with Gasteiger partial charge in [-0.3, -0.25) is 9.59 Å². The van der Waals surface area contributed by atoms with Gasteiger partial charge in [0.1, 0.15) is 13.2 Å². The zero-order chi connectivity index (χ0) is 15.2. The molecule has 0 radical (unpaired) electrons. The van der Waals surface area contributed by atoms with Gasteiger partial charge in [0, 0.05) is 0 Å². The van der Waals surface area contributed by atoms with Crippen LogP contribution in [-0.2, 0) is 24.3 Å². The second-order valence-electron chi connectivity index (χ2n) is 3.82. The molecule has 0 fully saturated rings. The Hall–Kier alpha value is -2.24. The van der Waals surface area contributed by atoms with Crippen LogP contribution in [0.25, 0.3) is 0 Å². The predicted molar refractivity (Wildman–Crippen MR) is 68.0 cm³/mol. The zero-order valence-electron chi connectivity index (χ0n) is 10.6. The lowest BCUT2D eigenvalue weighted by Gasteiger charge is -2.06. The number of nitrogens with zero attached hydrogens (tertiary/aromatic N) is 1. The number of hydrogen-bond acceptors (Lipinski definition) is 6. The minimum atomic E-state index is -3.86. The van der Waals surface area contributed by atoms with Crippen molar-refractivity contribution >= 4 is 21.8 Å². The number of hydrogen-bond donors (Lipinski definition) is 1. The van der Waals surface area contributed by atoms with Crippen LogP contribution in [0.15, 0.2) is 29.2 Å². The molecule has 8 heteroatoms. The van der Waals surface area contributed by atoms with E-state index in [0.29, 0.717) is 5.56 Å². The highest BCUT2D eigenvalue weighted by Gasteiger charge is 2.16. The average molecular weight is 296 g/mol.